The van der Waals surface area contributed by atoms with Gasteiger partial charge in [0.15, 0.2) is 6.61 Å². The predicted molar refractivity (Wildman–Crippen MR) is 87.3 cm³/mol. The molecule has 6 nitrogen and oxygen atoms in total. The zero-order chi connectivity index (χ0) is 16.8. The van der Waals surface area contributed by atoms with Crippen molar-refractivity contribution >= 4 is 11.9 Å². The Labute approximate surface area is 139 Å². The SMILES string of the molecule is O=C(COc1ccc(F)cc1)NC1CCCN(c2ncccn2)C1. The zero-order valence-electron chi connectivity index (χ0n) is 13.2. The van der Waals surface area contributed by atoms with Crippen LogP contribution in [0, 0.1) is 5.82 Å². The molecule has 2 aromatic rings. The van der Waals surface area contributed by atoms with Gasteiger partial charge in [0.1, 0.15) is 11.6 Å². The van der Waals surface area contributed by atoms with Crippen molar-refractivity contribution in [1.29, 1.82) is 0 Å². The largest absolute Gasteiger partial charge is 0.484 e. The van der Waals surface area contributed by atoms with Crippen LogP contribution in [0.15, 0.2) is 42.7 Å². The Kier molecular flexibility index (Phi) is 5.20. The monoisotopic (exact) mass is 330 g/mol. The number of rotatable bonds is 5. The van der Waals surface area contributed by atoms with E-state index < -0.39 is 0 Å². The van der Waals surface area contributed by atoms with Gasteiger partial charge in [0.05, 0.1) is 0 Å². The molecule has 0 radical (unpaired) electrons. The van der Waals surface area contributed by atoms with Crippen LogP contribution in [0.4, 0.5) is 10.3 Å². The van der Waals surface area contributed by atoms with Crippen LogP contribution in [0.1, 0.15) is 12.8 Å². The lowest BCUT2D eigenvalue weighted by Gasteiger charge is -2.33. The van der Waals surface area contributed by atoms with E-state index in [0.717, 1.165) is 19.4 Å². The highest BCUT2D eigenvalue weighted by atomic mass is 19.1. The summed E-state index contributed by atoms with van der Waals surface area (Å²) < 4.78 is 18.2. The van der Waals surface area contributed by atoms with Gasteiger partial charge in [0, 0.05) is 31.5 Å². The minimum Gasteiger partial charge on any atom is -0.484 e. The van der Waals surface area contributed by atoms with Crippen molar-refractivity contribution in [2.75, 3.05) is 24.6 Å². The third-order valence-corrected chi connectivity index (χ3v) is 3.81. The van der Waals surface area contributed by atoms with Crippen LogP contribution in [0.2, 0.25) is 0 Å². The topological polar surface area (TPSA) is 67.3 Å². The molecule has 1 atom stereocenters. The van der Waals surface area contributed by atoms with Gasteiger partial charge in [-0.3, -0.25) is 4.79 Å². The highest BCUT2D eigenvalue weighted by Gasteiger charge is 2.23. The average Bonchev–Trinajstić information content (AvgIpc) is 2.62. The number of nitrogens with zero attached hydrogens (tertiary/aromatic N) is 3. The first-order chi connectivity index (χ1) is 11.7. The molecule has 1 fully saturated rings. The molecule has 1 amide bonds. The van der Waals surface area contributed by atoms with Gasteiger partial charge in [-0.05, 0) is 43.2 Å². The smallest absolute Gasteiger partial charge is 0.258 e. The number of nitrogens with one attached hydrogen (secondary N) is 1. The second-order valence-electron chi connectivity index (χ2n) is 5.64. The number of anilines is 1. The molecule has 0 saturated carbocycles. The average molecular weight is 330 g/mol. The first-order valence-corrected chi connectivity index (χ1v) is 7.90. The summed E-state index contributed by atoms with van der Waals surface area (Å²) in [6, 6.07) is 7.40. The van der Waals surface area contributed by atoms with Crippen LogP contribution in [-0.4, -0.2) is 41.6 Å². The van der Waals surface area contributed by atoms with E-state index in [1.807, 2.05) is 0 Å². The summed E-state index contributed by atoms with van der Waals surface area (Å²) in [7, 11) is 0. The van der Waals surface area contributed by atoms with Gasteiger partial charge in [-0.1, -0.05) is 0 Å². The highest BCUT2D eigenvalue weighted by molar-refractivity contribution is 5.78. The summed E-state index contributed by atoms with van der Waals surface area (Å²) in [5.41, 5.74) is 0. The fourth-order valence-electron chi connectivity index (χ4n) is 2.68. The fourth-order valence-corrected chi connectivity index (χ4v) is 2.68. The number of amides is 1. The van der Waals surface area contributed by atoms with Crippen molar-refractivity contribution in [2.24, 2.45) is 0 Å². The molecule has 1 aliphatic rings. The van der Waals surface area contributed by atoms with Gasteiger partial charge in [-0.25, -0.2) is 14.4 Å². The van der Waals surface area contributed by atoms with E-state index >= 15 is 0 Å². The highest BCUT2D eigenvalue weighted by Crippen LogP contribution is 2.15. The third-order valence-electron chi connectivity index (χ3n) is 3.81. The Morgan fingerprint density at radius 1 is 1.29 bits per heavy atom. The van der Waals surface area contributed by atoms with Gasteiger partial charge in [0.2, 0.25) is 5.95 Å². The molecule has 1 aliphatic heterocycles. The maximum Gasteiger partial charge on any atom is 0.258 e. The number of halogens is 1. The fraction of sp³-hybridized carbons (Fsp3) is 0.353. The summed E-state index contributed by atoms with van der Waals surface area (Å²) in [5, 5.41) is 2.96. The van der Waals surface area contributed by atoms with E-state index in [4.69, 9.17) is 4.74 Å². The van der Waals surface area contributed by atoms with Gasteiger partial charge in [-0.2, -0.15) is 0 Å². The van der Waals surface area contributed by atoms with Crippen molar-refractivity contribution in [1.82, 2.24) is 15.3 Å². The second kappa shape index (κ2) is 7.72. The number of carbonyl (C=O) groups is 1. The first kappa shape index (κ1) is 16.2. The van der Waals surface area contributed by atoms with Gasteiger partial charge >= 0.3 is 0 Å². The molecule has 3 rings (SSSR count). The Morgan fingerprint density at radius 3 is 2.79 bits per heavy atom. The molecular formula is C17H19FN4O2. The van der Waals surface area contributed by atoms with Crippen LogP contribution in [0.3, 0.4) is 0 Å². The molecule has 24 heavy (non-hydrogen) atoms. The maximum atomic E-state index is 12.8. The molecule has 1 aromatic carbocycles. The number of piperidine rings is 1. The van der Waals surface area contributed by atoms with Gasteiger partial charge in [0.25, 0.3) is 5.91 Å². The van der Waals surface area contributed by atoms with Crippen LogP contribution >= 0.6 is 0 Å². The first-order valence-electron chi connectivity index (χ1n) is 7.90. The van der Waals surface area contributed by atoms with Crippen LogP contribution < -0.4 is 15.0 Å². The minimum absolute atomic E-state index is 0.0341. The van der Waals surface area contributed by atoms with Crippen molar-refractivity contribution in [2.45, 2.75) is 18.9 Å². The standard InChI is InChI=1S/C17H19FN4O2/c18-13-4-6-15(7-5-13)24-12-16(23)21-14-3-1-10-22(11-14)17-19-8-2-9-20-17/h2,4-9,14H,1,3,10-12H2,(H,21,23). The lowest BCUT2D eigenvalue weighted by atomic mass is 10.1. The van der Waals surface area contributed by atoms with Crippen LogP contribution in [0.25, 0.3) is 0 Å². The van der Waals surface area contributed by atoms with E-state index in [1.165, 1.54) is 24.3 Å². The summed E-state index contributed by atoms with van der Waals surface area (Å²) in [6.45, 7) is 1.46. The van der Waals surface area contributed by atoms with Crippen molar-refractivity contribution < 1.29 is 13.9 Å². The third kappa shape index (κ3) is 4.41. The molecule has 0 aliphatic carbocycles. The molecule has 1 saturated heterocycles. The summed E-state index contributed by atoms with van der Waals surface area (Å²) in [6.07, 6.45) is 5.29. The number of aromatic nitrogens is 2. The van der Waals surface area contributed by atoms with E-state index in [0.29, 0.717) is 18.2 Å². The Balaban J connectivity index is 1.48. The van der Waals surface area contributed by atoms with Gasteiger partial charge in [-0.15, -0.1) is 0 Å². The second-order valence-corrected chi connectivity index (χ2v) is 5.64. The molecule has 126 valence electrons. The zero-order valence-corrected chi connectivity index (χ0v) is 13.2. The summed E-state index contributed by atoms with van der Waals surface area (Å²) in [5.74, 6) is 0.617. The molecule has 0 spiro atoms. The van der Waals surface area contributed by atoms with E-state index in [1.54, 1.807) is 18.5 Å². The Hall–Kier alpha value is -2.70. The number of benzene rings is 1. The van der Waals surface area contributed by atoms with Crippen molar-refractivity contribution in [3.8, 4) is 5.75 Å². The number of hydrogen-bond donors (Lipinski definition) is 1. The Morgan fingerprint density at radius 2 is 2.04 bits per heavy atom. The number of hydrogen-bond acceptors (Lipinski definition) is 5. The maximum absolute atomic E-state index is 12.8. The van der Waals surface area contributed by atoms with Crippen molar-refractivity contribution in [3.05, 3.63) is 48.5 Å². The van der Waals surface area contributed by atoms with Crippen LogP contribution in [-0.2, 0) is 4.79 Å². The summed E-state index contributed by atoms with van der Waals surface area (Å²) >= 11 is 0. The normalized spacial score (nSPS) is 17.4. The molecular weight excluding hydrogens is 311 g/mol. The summed E-state index contributed by atoms with van der Waals surface area (Å²) in [4.78, 5) is 22.6. The molecule has 7 heteroatoms. The quantitative estimate of drug-likeness (QED) is 0.905. The predicted octanol–water partition coefficient (Wildman–Crippen LogP) is 1.78. The number of carbonyl (C=O) groups excluding carboxylic acids is 1. The molecule has 1 N–H and O–H groups in total. The molecule has 1 aromatic heterocycles. The lowest BCUT2D eigenvalue weighted by molar-refractivity contribution is -0.123. The number of ether oxygens (including phenoxy) is 1. The van der Waals surface area contributed by atoms with E-state index in [9.17, 15) is 9.18 Å². The van der Waals surface area contributed by atoms with Crippen molar-refractivity contribution in [3.63, 3.8) is 0 Å². The molecule has 2 heterocycles. The lowest BCUT2D eigenvalue weighted by Crippen LogP contribution is -2.49. The van der Waals surface area contributed by atoms with E-state index in [2.05, 4.69) is 20.2 Å². The minimum atomic E-state index is -0.336. The van der Waals surface area contributed by atoms with Crippen LogP contribution in [0.5, 0.6) is 5.75 Å². The van der Waals surface area contributed by atoms with Gasteiger partial charge < -0.3 is 15.0 Å². The molecule has 0 bridgehead atoms. The molecule has 1 unspecified atom stereocenters. The van der Waals surface area contributed by atoms with E-state index in [-0.39, 0.29) is 24.4 Å². The Bertz CT molecular complexity index is 666.